The Bertz CT molecular complexity index is 426. The van der Waals surface area contributed by atoms with Crippen LogP contribution in [-0.2, 0) is 22.5 Å². The van der Waals surface area contributed by atoms with E-state index in [1.807, 2.05) is 18.4 Å². The highest BCUT2D eigenvalue weighted by molar-refractivity contribution is 5.70. The van der Waals surface area contributed by atoms with Crippen molar-refractivity contribution in [2.24, 2.45) is 0 Å². The maximum atomic E-state index is 10.8. The van der Waals surface area contributed by atoms with E-state index in [2.05, 4.69) is 4.98 Å². The lowest BCUT2D eigenvalue weighted by atomic mass is 10.1. The van der Waals surface area contributed by atoms with Crippen LogP contribution in [0.25, 0.3) is 0 Å². The number of rotatable bonds is 4. The second-order valence-corrected chi connectivity index (χ2v) is 4.31. The molecule has 1 unspecified atom stereocenters. The van der Waals surface area contributed by atoms with Gasteiger partial charge in [0.05, 0.1) is 17.8 Å². The van der Waals surface area contributed by atoms with Crippen molar-refractivity contribution in [3.05, 3.63) is 17.2 Å². The van der Waals surface area contributed by atoms with E-state index in [0.29, 0.717) is 6.61 Å². The van der Waals surface area contributed by atoms with Gasteiger partial charge in [-0.05, 0) is 26.7 Å². The van der Waals surface area contributed by atoms with Gasteiger partial charge in [-0.3, -0.25) is 4.79 Å². The Morgan fingerprint density at radius 3 is 3.06 bits per heavy atom. The molecule has 1 aromatic heterocycles. The van der Waals surface area contributed by atoms with Gasteiger partial charge in [0.25, 0.3) is 0 Å². The molecular weight excluding hydrogens is 220 g/mol. The summed E-state index contributed by atoms with van der Waals surface area (Å²) in [7, 11) is 0. The van der Waals surface area contributed by atoms with Gasteiger partial charge in [-0.15, -0.1) is 0 Å². The molecule has 0 bridgehead atoms. The van der Waals surface area contributed by atoms with Crippen LogP contribution in [0.5, 0.6) is 0 Å². The van der Waals surface area contributed by atoms with Crippen molar-refractivity contribution in [1.29, 1.82) is 0 Å². The van der Waals surface area contributed by atoms with Gasteiger partial charge >= 0.3 is 5.97 Å². The van der Waals surface area contributed by atoms with E-state index in [0.717, 1.165) is 36.6 Å². The minimum atomic E-state index is -0.811. The number of aromatic nitrogens is 2. The van der Waals surface area contributed by atoms with Crippen molar-refractivity contribution >= 4 is 5.97 Å². The van der Waals surface area contributed by atoms with Gasteiger partial charge in [0, 0.05) is 13.2 Å². The molecule has 1 aromatic rings. The first-order valence-electron chi connectivity index (χ1n) is 6.02. The van der Waals surface area contributed by atoms with E-state index in [1.165, 1.54) is 0 Å². The van der Waals surface area contributed by atoms with Crippen LogP contribution in [0, 0.1) is 6.92 Å². The average molecular weight is 238 g/mol. The first kappa shape index (κ1) is 12.1. The summed E-state index contributed by atoms with van der Waals surface area (Å²) in [5.41, 5.74) is 1.63. The standard InChI is InChI=1S/C12H18N2O3/c1-3-17-10-5-4-6-14-9(7-11(15)16)8(2)13-12(10)14/h10H,3-7H2,1-2H3,(H,15,16). The van der Waals surface area contributed by atoms with Gasteiger partial charge in [-0.1, -0.05) is 0 Å². The summed E-state index contributed by atoms with van der Waals surface area (Å²) in [4.78, 5) is 15.3. The van der Waals surface area contributed by atoms with Crippen molar-refractivity contribution in [2.45, 2.75) is 45.8 Å². The molecule has 2 heterocycles. The molecule has 2 rings (SSSR count). The average Bonchev–Trinajstić information content (AvgIpc) is 2.57. The Balaban J connectivity index is 2.34. The summed E-state index contributed by atoms with van der Waals surface area (Å²) in [6.45, 7) is 5.34. The van der Waals surface area contributed by atoms with Crippen molar-refractivity contribution in [3.63, 3.8) is 0 Å². The lowest BCUT2D eigenvalue weighted by Crippen LogP contribution is -2.20. The third-order valence-corrected chi connectivity index (χ3v) is 3.12. The molecule has 17 heavy (non-hydrogen) atoms. The summed E-state index contributed by atoms with van der Waals surface area (Å²) < 4.78 is 7.67. The topological polar surface area (TPSA) is 64.4 Å². The summed E-state index contributed by atoms with van der Waals surface area (Å²) in [5.74, 6) is 0.0844. The lowest BCUT2D eigenvalue weighted by Gasteiger charge is -2.24. The van der Waals surface area contributed by atoms with Crippen LogP contribution < -0.4 is 0 Å². The first-order chi connectivity index (χ1) is 8.13. The molecule has 5 nitrogen and oxygen atoms in total. The van der Waals surface area contributed by atoms with E-state index in [1.54, 1.807) is 0 Å². The van der Waals surface area contributed by atoms with Crippen molar-refractivity contribution in [3.8, 4) is 0 Å². The van der Waals surface area contributed by atoms with Crippen LogP contribution in [-0.4, -0.2) is 27.2 Å². The number of imidazole rings is 1. The largest absolute Gasteiger partial charge is 0.481 e. The zero-order valence-corrected chi connectivity index (χ0v) is 10.3. The number of hydrogen-bond acceptors (Lipinski definition) is 3. The van der Waals surface area contributed by atoms with Gasteiger partial charge in [0.1, 0.15) is 11.9 Å². The van der Waals surface area contributed by atoms with Crippen LogP contribution >= 0.6 is 0 Å². The van der Waals surface area contributed by atoms with E-state index in [9.17, 15) is 4.79 Å². The third kappa shape index (κ3) is 2.34. The lowest BCUT2D eigenvalue weighted by molar-refractivity contribution is -0.136. The fraction of sp³-hybridized carbons (Fsp3) is 0.667. The molecule has 1 aliphatic heterocycles. The van der Waals surface area contributed by atoms with Crippen LogP contribution in [0.2, 0.25) is 0 Å². The van der Waals surface area contributed by atoms with E-state index in [4.69, 9.17) is 9.84 Å². The molecule has 5 heteroatoms. The second kappa shape index (κ2) is 4.87. The number of carbonyl (C=O) groups is 1. The first-order valence-corrected chi connectivity index (χ1v) is 6.02. The van der Waals surface area contributed by atoms with E-state index < -0.39 is 5.97 Å². The predicted octanol–water partition coefficient (Wildman–Crippen LogP) is 1.69. The van der Waals surface area contributed by atoms with E-state index in [-0.39, 0.29) is 12.5 Å². The minimum Gasteiger partial charge on any atom is -0.481 e. The molecule has 1 N–H and O–H groups in total. The van der Waals surface area contributed by atoms with Gasteiger partial charge < -0.3 is 14.4 Å². The summed E-state index contributed by atoms with van der Waals surface area (Å²) in [6.07, 6.45) is 2.05. The Hall–Kier alpha value is -1.36. The van der Waals surface area contributed by atoms with Crippen LogP contribution in [0.1, 0.15) is 43.1 Å². The molecule has 0 fully saturated rings. The Morgan fingerprint density at radius 2 is 2.41 bits per heavy atom. The number of hydrogen-bond donors (Lipinski definition) is 1. The summed E-state index contributed by atoms with van der Waals surface area (Å²) in [5, 5.41) is 8.91. The fourth-order valence-electron chi connectivity index (χ4n) is 2.42. The number of aliphatic carboxylic acids is 1. The number of carboxylic acid groups (broad SMARTS) is 1. The molecule has 0 aromatic carbocycles. The number of carboxylic acids is 1. The molecule has 0 aliphatic carbocycles. The van der Waals surface area contributed by atoms with Crippen LogP contribution in [0.4, 0.5) is 0 Å². The summed E-state index contributed by atoms with van der Waals surface area (Å²) >= 11 is 0. The SMILES string of the molecule is CCOC1CCCn2c1nc(C)c2CC(=O)O. The zero-order chi connectivity index (χ0) is 12.4. The number of nitrogens with zero attached hydrogens (tertiary/aromatic N) is 2. The maximum absolute atomic E-state index is 10.8. The van der Waals surface area contributed by atoms with Crippen LogP contribution in [0.15, 0.2) is 0 Å². The molecule has 0 saturated carbocycles. The Kier molecular flexibility index (Phi) is 3.47. The molecule has 94 valence electrons. The van der Waals surface area contributed by atoms with Gasteiger partial charge in [-0.2, -0.15) is 0 Å². The quantitative estimate of drug-likeness (QED) is 0.867. The highest BCUT2D eigenvalue weighted by Gasteiger charge is 2.26. The Morgan fingerprint density at radius 1 is 1.65 bits per heavy atom. The molecule has 1 atom stereocenters. The maximum Gasteiger partial charge on any atom is 0.309 e. The van der Waals surface area contributed by atoms with Gasteiger partial charge in [-0.25, -0.2) is 4.98 Å². The zero-order valence-electron chi connectivity index (χ0n) is 10.3. The minimum absolute atomic E-state index is 0.0231. The highest BCUT2D eigenvalue weighted by Crippen LogP contribution is 2.30. The van der Waals surface area contributed by atoms with Gasteiger partial charge in [0.15, 0.2) is 0 Å². The second-order valence-electron chi connectivity index (χ2n) is 4.31. The van der Waals surface area contributed by atoms with Crippen molar-refractivity contribution in [2.75, 3.05) is 6.61 Å². The van der Waals surface area contributed by atoms with Crippen molar-refractivity contribution in [1.82, 2.24) is 9.55 Å². The highest BCUT2D eigenvalue weighted by atomic mass is 16.5. The molecule has 0 saturated heterocycles. The summed E-state index contributed by atoms with van der Waals surface area (Å²) in [6, 6.07) is 0. The predicted molar refractivity (Wildman–Crippen MR) is 61.9 cm³/mol. The van der Waals surface area contributed by atoms with Gasteiger partial charge in [0.2, 0.25) is 0 Å². The fourth-order valence-corrected chi connectivity index (χ4v) is 2.42. The monoisotopic (exact) mass is 238 g/mol. The molecule has 1 aliphatic rings. The Labute approximate surface area is 100 Å². The normalized spacial score (nSPS) is 19.1. The molecular formula is C12H18N2O3. The van der Waals surface area contributed by atoms with Crippen molar-refractivity contribution < 1.29 is 14.6 Å². The number of fused-ring (bicyclic) bond motifs is 1. The molecule has 0 spiro atoms. The number of aryl methyl sites for hydroxylation is 1. The smallest absolute Gasteiger partial charge is 0.309 e. The molecule has 0 amide bonds. The van der Waals surface area contributed by atoms with Crippen LogP contribution in [0.3, 0.4) is 0 Å². The number of ether oxygens (including phenoxy) is 1. The third-order valence-electron chi connectivity index (χ3n) is 3.12. The molecule has 0 radical (unpaired) electrons. The van der Waals surface area contributed by atoms with E-state index >= 15 is 0 Å².